The van der Waals surface area contributed by atoms with E-state index in [2.05, 4.69) is 24.1 Å². The van der Waals surface area contributed by atoms with Crippen LogP contribution in [0, 0.1) is 0 Å². The summed E-state index contributed by atoms with van der Waals surface area (Å²) in [6.07, 6.45) is 3.84. The van der Waals surface area contributed by atoms with Crippen molar-refractivity contribution in [1.82, 2.24) is 9.88 Å². The monoisotopic (exact) mass is 224 g/mol. The molecular formula is C12H20N2S. The van der Waals surface area contributed by atoms with Crippen molar-refractivity contribution in [3.8, 4) is 0 Å². The van der Waals surface area contributed by atoms with Crippen LogP contribution in [0.25, 0.3) is 0 Å². The molecule has 0 radical (unpaired) electrons. The summed E-state index contributed by atoms with van der Waals surface area (Å²) in [7, 11) is 0. The van der Waals surface area contributed by atoms with E-state index in [4.69, 9.17) is 4.98 Å². The molecule has 0 bridgehead atoms. The van der Waals surface area contributed by atoms with E-state index in [0.29, 0.717) is 0 Å². The Bertz CT molecular complexity index is 300. The van der Waals surface area contributed by atoms with Crippen LogP contribution in [0.1, 0.15) is 43.3 Å². The third kappa shape index (κ3) is 3.02. The lowest BCUT2D eigenvalue weighted by atomic mass is 10.3. The van der Waals surface area contributed by atoms with Crippen molar-refractivity contribution in [2.75, 3.05) is 19.6 Å². The first kappa shape index (κ1) is 11.1. The van der Waals surface area contributed by atoms with E-state index < -0.39 is 0 Å². The fourth-order valence-corrected chi connectivity index (χ4v) is 2.67. The van der Waals surface area contributed by atoms with Crippen molar-refractivity contribution >= 4 is 11.3 Å². The molecule has 15 heavy (non-hydrogen) atoms. The highest BCUT2D eigenvalue weighted by atomic mass is 32.1. The molecule has 0 amide bonds. The quantitative estimate of drug-likeness (QED) is 0.738. The lowest BCUT2D eigenvalue weighted by molar-refractivity contribution is 0.308. The van der Waals surface area contributed by atoms with Crippen LogP contribution in [0.2, 0.25) is 0 Å². The third-order valence-electron chi connectivity index (χ3n) is 3.10. The van der Waals surface area contributed by atoms with Crippen molar-refractivity contribution in [2.24, 2.45) is 0 Å². The van der Waals surface area contributed by atoms with Gasteiger partial charge < -0.3 is 4.90 Å². The van der Waals surface area contributed by atoms with E-state index in [9.17, 15) is 0 Å². The molecule has 0 spiro atoms. The molecule has 0 aliphatic heterocycles. The minimum atomic E-state index is 0.809. The minimum absolute atomic E-state index is 0.809. The molecule has 1 aliphatic rings. The Kier molecular flexibility index (Phi) is 3.76. The highest BCUT2D eigenvalue weighted by Crippen LogP contribution is 2.40. The molecule has 0 N–H and O–H groups in total. The molecule has 84 valence electrons. The van der Waals surface area contributed by atoms with E-state index in [1.54, 1.807) is 0 Å². The Morgan fingerprint density at radius 1 is 1.40 bits per heavy atom. The van der Waals surface area contributed by atoms with Crippen molar-refractivity contribution in [3.63, 3.8) is 0 Å². The van der Waals surface area contributed by atoms with Crippen LogP contribution in [0.15, 0.2) is 5.38 Å². The first-order valence-corrected chi connectivity index (χ1v) is 6.88. The number of rotatable bonds is 6. The van der Waals surface area contributed by atoms with E-state index >= 15 is 0 Å². The van der Waals surface area contributed by atoms with Gasteiger partial charge in [-0.1, -0.05) is 13.8 Å². The number of aromatic nitrogens is 1. The summed E-state index contributed by atoms with van der Waals surface area (Å²) in [5.74, 6) is 0.809. The molecule has 2 rings (SSSR count). The molecule has 1 aromatic rings. The van der Waals surface area contributed by atoms with Crippen LogP contribution in [0.3, 0.4) is 0 Å². The van der Waals surface area contributed by atoms with Crippen molar-refractivity contribution in [1.29, 1.82) is 0 Å². The lowest BCUT2D eigenvalue weighted by Crippen LogP contribution is -2.25. The standard InChI is InChI=1S/C12H20N2S/c1-3-14(4-2)8-7-12-13-11(9-15-12)10-5-6-10/h9-10H,3-8H2,1-2H3. The smallest absolute Gasteiger partial charge is 0.0941 e. The fourth-order valence-electron chi connectivity index (χ4n) is 1.80. The number of thiazole rings is 1. The van der Waals surface area contributed by atoms with Gasteiger partial charge in [0.15, 0.2) is 0 Å². The second-order valence-electron chi connectivity index (χ2n) is 4.22. The number of hydrogen-bond donors (Lipinski definition) is 0. The maximum Gasteiger partial charge on any atom is 0.0941 e. The zero-order valence-electron chi connectivity index (χ0n) is 9.70. The second-order valence-corrected chi connectivity index (χ2v) is 5.16. The van der Waals surface area contributed by atoms with Gasteiger partial charge in [-0.25, -0.2) is 4.98 Å². The maximum atomic E-state index is 4.70. The van der Waals surface area contributed by atoms with Gasteiger partial charge in [-0.15, -0.1) is 11.3 Å². The molecule has 3 heteroatoms. The second kappa shape index (κ2) is 5.08. The Balaban J connectivity index is 1.82. The summed E-state index contributed by atoms with van der Waals surface area (Å²) in [6, 6.07) is 0. The molecule has 1 heterocycles. The topological polar surface area (TPSA) is 16.1 Å². The summed E-state index contributed by atoms with van der Waals surface area (Å²) < 4.78 is 0. The zero-order valence-corrected chi connectivity index (χ0v) is 10.5. The fraction of sp³-hybridized carbons (Fsp3) is 0.750. The molecular weight excluding hydrogens is 204 g/mol. The van der Waals surface area contributed by atoms with Crippen molar-refractivity contribution in [3.05, 3.63) is 16.1 Å². The summed E-state index contributed by atoms with van der Waals surface area (Å²) >= 11 is 1.84. The van der Waals surface area contributed by atoms with Crippen LogP contribution in [0.5, 0.6) is 0 Å². The summed E-state index contributed by atoms with van der Waals surface area (Å²) in [4.78, 5) is 7.16. The van der Waals surface area contributed by atoms with Crippen LogP contribution in [-0.2, 0) is 6.42 Å². The first-order chi connectivity index (χ1) is 7.33. The van der Waals surface area contributed by atoms with E-state index in [0.717, 1.165) is 32.0 Å². The summed E-state index contributed by atoms with van der Waals surface area (Å²) in [6.45, 7) is 7.90. The normalized spacial score (nSPS) is 16.2. The third-order valence-corrected chi connectivity index (χ3v) is 4.03. The average Bonchev–Trinajstić information content (AvgIpc) is 3.01. The SMILES string of the molecule is CCN(CC)CCc1nc(C2CC2)cs1. The molecule has 1 aromatic heterocycles. The van der Waals surface area contributed by atoms with Gasteiger partial charge in [0.2, 0.25) is 0 Å². The van der Waals surface area contributed by atoms with Crippen molar-refractivity contribution in [2.45, 2.75) is 39.0 Å². The van der Waals surface area contributed by atoms with Crippen LogP contribution in [-0.4, -0.2) is 29.5 Å². The molecule has 1 fully saturated rings. The first-order valence-electron chi connectivity index (χ1n) is 6.00. The molecule has 1 aliphatic carbocycles. The minimum Gasteiger partial charge on any atom is -0.303 e. The molecule has 0 aromatic carbocycles. The van der Waals surface area contributed by atoms with Gasteiger partial charge in [-0.3, -0.25) is 0 Å². The average molecular weight is 224 g/mol. The van der Waals surface area contributed by atoms with E-state index in [1.165, 1.54) is 23.5 Å². The van der Waals surface area contributed by atoms with Crippen LogP contribution < -0.4 is 0 Å². The molecule has 1 saturated carbocycles. The zero-order chi connectivity index (χ0) is 10.7. The Morgan fingerprint density at radius 2 is 2.13 bits per heavy atom. The molecule has 0 atom stereocenters. The maximum absolute atomic E-state index is 4.70. The molecule has 0 saturated heterocycles. The predicted octanol–water partition coefficient (Wildman–Crippen LogP) is 2.90. The van der Waals surface area contributed by atoms with E-state index in [-0.39, 0.29) is 0 Å². The summed E-state index contributed by atoms with van der Waals surface area (Å²) in [5.41, 5.74) is 1.36. The van der Waals surface area contributed by atoms with Crippen LogP contribution in [0.4, 0.5) is 0 Å². The Hall–Kier alpha value is -0.410. The van der Waals surface area contributed by atoms with Gasteiger partial charge in [0.05, 0.1) is 10.7 Å². The molecule has 2 nitrogen and oxygen atoms in total. The largest absolute Gasteiger partial charge is 0.303 e. The van der Waals surface area contributed by atoms with Gasteiger partial charge in [0.25, 0.3) is 0 Å². The number of likely N-dealkylation sites (N-methyl/N-ethyl adjacent to an activating group) is 1. The Morgan fingerprint density at radius 3 is 2.73 bits per heavy atom. The number of nitrogens with zero attached hydrogens (tertiary/aromatic N) is 2. The summed E-state index contributed by atoms with van der Waals surface area (Å²) in [5, 5.41) is 3.58. The van der Waals surface area contributed by atoms with Crippen molar-refractivity contribution < 1.29 is 0 Å². The van der Waals surface area contributed by atoms with Gasteiger partial charge >= 0.3 is 0 Å². The highest BCUT2D eigenvalue weighted by molar-refractivity contribution is 7.09. The van der Waals surface area contributed by atoms with Gasteiger partial charge in [0, 0.05) is 24.3 Å². The van der Waals surface area contributed by atoms with Gasteiger partial charge in [0.1, 0.15) is 0 Å². The van der Waals surface area contributed by atoms with Crippen LogP contribution >= 0.6 is 11.3 Å². The van der Waals surface area contributed by atoms with Gasteiger partial charge in [-0.2, -0.15) is 0 Å². The predicted molar refractivity (Wildman–Crippen MR) is 65.6 cm³/mol. The lowest BCUT2D eigenvalue weighted by Gasteiger charge is -2.16. The van der Waals surface area contributed by atoms with E-state index in [1.807, 2.05) is 11.3 Å². The molecule has 0 unspecified atom stereocenters. The number of hydrogen-bond acceptors (Lipinski definition) is 3. The highest BCUT2D eigenvalue weighted by Gasteiger charge is 2.25. The van der Waals surface area contributed by atoms with Gasteiger partial charge in [-0.05, 0) is 25.9 Å². The Labute approximate surface area is 96.3 Å².